The van der Waals surface area contributed by atoms with Gasteiger partial charge in [-0.05, 0) is 37.6 Å². The van der Waals surface area contributed by atoms with E-state index in [9.17, 15) is 0 Å². The molecule has 20 heavy (non-hydrogen) atoms. The van der Waals surface area contributed by atoms with E-state index < -0.39 is 0 Å². The number of thiazole rings is 1. The number of methoxy groups -OCH3 is 1. The van der Waals surface area contributed by atoms with Crippen LogP contribution in [0.5, 0.6) is 11.5 Å². The van der Waals surface area contributed by atoms with Gasteiger partial charge in [0.2, 0.25) is 0 Å². The van der Waals surface area contributed by atoms with E-state index in [1.807, 2.05) is 30.6 Å². The summed E-state index contributed by atoms with van der Waals surface area (Å²) in [5.74, 6) is 1.53. The molecule has 0 unspecified atom stereocenters. The molecule has 2 N–H and O–H groups in total. The van der Waals surface area contributed by atoms with Gasteiger partial charge < -0.3 is 15.2 Å². The van der Waals surface area contributed by atoms with Gasteiger partial charge in [-0.15, -0.1) is 11.3 Å². The van der Waals surface area contributed by atoms with E-state index in [0.717, 1.165) is 35.6 Å². The first-order chi connectivity index (χ1) is 9.74. The second-order valence-electron chi connectivity index (χ2n) is 4.48. The number of hydrogen-bond donors (Lipinski definition) is 1. The molecule has 2 rings (SSSR count). The maximum Gasteiger partial charge on any atom is 0.161 e. The van der Waals surface area contributed by atoms with Crippen molar-refractivity contribution in [3.05, 3.63) is 39.8 Å². The highest BCUT2D eigenvalue weighted by Gasteiger charge is 2.07. The van der Waals surface area contributed by atoms with Crippen LogP contribution in [0.15, 0.2) is 23.7 Å². The van der Waals surface area contributed by atoms with Crippen molar-refractivity contribution in [3.63, 3.8) is 0 Å². The molecule has 0 radical (unpaired) electrons. The predicted octanol–water partition coefficient (Wildman–Crippen LogP) is 2.58. The molecule has 0 fully saturated rings. The highest BCUT2D eigenvalue weighted by Crippen LogP contribution is 2.28. The average molecular weight is 292 g/mol. The van der Waals surface area contributed by atoms with Gasteiger partial charge in [0.1, 0.15) is 0 Å². The Balaban J connectivity index is 2.00. The topological polar surface area (TPSA) is 57.4 Å². The molecule has 0 saturated carbocycles. The standard InChI is InChI=1S/C15H20N2O2S/c1-11-15(20-10-17-11)6-8-19-14-9-12(5-7-16)3-4-13(14)18-2/h3-4,9-10H,5-8,16H2,1-2H3. The zero-order valence-corrected chi connectivity index (χ0v) is 12.7. The van der Waals surface area contributed by atoms with Gasteiger partial charge in [-0.1, -0.05) is 6.07 Å². The third kappa shape index (κ3) is 3.71. The molecule has 0 aliphatic heterocycles. The van der Waals surface area contributed by atoms with E-state index >= 15 is 0 Å². The molecule has 0 atom stereocenters. The second-order valence-corrected chi connectivity index (χ2v) is 5.42. The highest BCUT2D eigenvalue weighted by atomic mass is 32.1. The fourth-order valence-electron chi connectivity index (χ4n) is 1.98. The molecule has 0 aliphatic carbocycles. The molecule has 0 aliphatic rings. The molecule has 0 amide bonds. The molecule has 0 bridgehead atoms. The summed E-state index contributed by atoms with van der Waals surface area (Å²) in [4.78, 5) is 5.50. The summed E-state index contributed by atoms with van der Waals surface area (Å²) >= 11 is 1.67. The average Bonchev–Trinajstić information content (AvgIpc) is 2.85. The maximum atomic E-state index is 5.86. The Morgan fingerprint density at radius 1 is 1.25 bits per heavy atom. The quantitative estimate of drug-likeness (QED) is 0.852. The Hall–Kier alpha value is -1.59. The van der Waals surface area contributed by atoms with Gasteiger partial charge in [0.15, 0.2) is 11.5 Å². The molecular formula is C15H20N2O2S. The van der Waals surface area contributed by atoms with Crippen LogP contribution < -0.4 is 15.2 Å². The predicted molar refractivity (Wildman–Crippen MR) is 81.8 cm³/mol. The van der Waals surface area contributed by atoms with E-state index in [-0.39, 0.29) is 0 Å². The maximum absolute atomic E-state index is 5.86. The van der Waals surface area contributed by atoms with Crippen molar-refractivity contribution in [2.24, 2.45) is 5.73 Å². The van der Waals surface area contributed by atoms with Crippen molar-refractivity contribution in [3.8, 4) is 11.5 Å². The van der Waals surface area contributed by atoms with Gasteiger partial charge >= 0.3 is 0 Å². The van der Waals surface area contributed by atoms with Crippen molar-refractivity contribution in [2.75, 3.05) is 20.3 Å². The number of ether oxygens (including phenoxy) is 2. The lowest BCUT2D eigenvalue weighted by molar-refractivity contribution is 0.298. The van der Waals surface area contributed by atoms with Gasteiger partial charge in [-0.25, -0.2) is 4.98 Å². The number of nitrogens with two attached hydrogens (primary N) is 1. The minimum atomic E-state index is 0.617. The molecule has 0 spiro atoms. The van der Waals surface area contributed by atoms with Crippen LogP contribution in [0.2, 0.25) is 0 Å². The van der Waals surface area contributed by atoms with Crippen molar-refractivity contribution in [1.82, 2.24) is 4.98 Å². The summed E-state index contributed by atoms with van der Waals surface area (Å²) in [6.45, 7) is 3.27. The van der Waals surface area contributed by atoms with Crippen LogP contribution in [0.4, 0.5) is 0 Å². The summed E-state index contributed by atoms with van der Waals surface area (Å²) in [5, 5.41) is 0. The first kappa shape index (κ1) is 14.8. The van der Waals surface area contributed by atoms with Gasteiger partial charge in [0, 0.05) is 11.3 Å². The third-order valence-corrected chi connectivity index (χ3v) is 4.09. The molecule has 2 aromatic rings. The van der Waals surface area contributed by atoms with Crippen LogP contribution in [0, 0.1) is 6.92 Å². The largest absolute Gasteiger partial charge is 0.493 e. The summed E-state index contributed by atoms with van der Waals surface area (Å²) in [5.41, 5.74) is 9.70. The lowest BCUT2D eigenvalue weighted by atomic mass is 10.1. The zero-order chi connectivity index (χ0) is 14.4. The van der Waals surface area contributed by atoms with Crippen molar-refractivity contribution in [2.45, 2.75) is 19.8 Å². The number of rotatable bonds is 7. The van der Waals surface area contributed by atoms with Gasteiger partial charge in [-0.3, -0.25) is 0 Å². The van der Waals surface area contributed by atoms with Crippen molar-refractivity contribution in [1.29, 1.82) is 0 Å². The van der Waals surface area contributed by atoms with E-state index in [0.29, 0.717) is 13.2 Å². The van der Waals surface area contributed by atoms with E-state index in [1.54, 1.807) is 18.4 Å². The first-order valence-electron chi connectivity index (χ1n) is 6.63. The van der Waals surface area contributed by atoms with Crippen LogP contribution in [-0.4, -0.2) is 25.2 Å². The number of benzene rings is 1. The number of aryl methyl sites for hydroxylation is 1. The van der Waals surface area contributed by atoms with Gasteiger partial charge in [0.05, 0.1) is 24.9 Å². The van der Waals surface area contributed by atoms with Crippen LogP contribution in [0.1, 0.15) is 16.1 Å². The SMILES string of the molecule is COc1ccc(CCN)cc1OCCc1scnc1C. The van der Waals surface area contributed by atoms with E-state index in [1.165, 1.54) is 4.88 Å². The summed E-state index contributed by atoms with van der Waals surface area (Å²) in [6.07, 6.45) is 1.70. The van der Waals surface area contributed by atoms with E-state index in [2.05, 4.69) is 4.98 Å². The van der Waals surface area contributed by atoms with Crippen LogP contribution in [-0.2, 0) is 12.8 Å². The third-order valence-electron chi connectivity index (χ3n) is 3.09. The van der Waals surface area contributed by atoms with Crippen molar-refractivity contribution >= 4 is 11.3 Å². The van der Waals surface area contributed by atoms with Crippen molar-refractivity contribution < 1.29 is 9.47 Å². The highest BCUT2D eigenvalue weighted by molar-refractivity contribution is 7.09. The molecule has 1 aromatic carbocycles. The summed E-state index contributed by atoms with van der Waals surface area (Å²) < 4.78 is 11.2. The molecule has 108 valence electrons. The summed E-state index contributed by atoms with van der Waals surface area (Å²) in [7, 11) is 1.65. The summed E-state index contributed by atoms with van der Waals surface area (Å²) in [6, 6.07) is 5.95. The normalized spacial score (nSPS) is 10.6. The molecule has 5 heteroatoms. The number of aromatic nitrogens is 1. The number of hydrogen-bond acceptors (Lipinski definition) is 5. The first-order valence-corrected chi connectivity index (χ1v) is 7.51. The smallest absolute Gasteiger partial charge is 0.161 e. The fourth-order valence-corrected chi connectivity index (χ4v) is 2.74. The number of nitrogens with zero attached hydrogens (tertiary/aromatic N) is 1. The van der Waals surface area contributed by atoms with Gasteiger partial charge in [0.25, 0.3) is 0 Å². The Kier molecular flexibility index (Phi) is 5.38. The van der Waals surface area contributed by atoms with Crippen LogP contribution in [0.25, 0.3) is 0 Å². The minimum absolute atomic E-state index is 0.617. The Morgan fingerprint density at radius 3 is 2.75 bits per heavy atom. The molecule has 1 aromatic heterocycles. The second kappa shape index (κ2) is 7.26. The zero-order valence-electron chi connectivity index (χ0n) is 11.9. The molecule has 1 heterocycles. The molecule has 4 nitrogen and oxygen atoms in total. The Bertz CT molecular complexity index is 555. The van der Waals surface area contributed by atoms with Crippen LogP contribution in [0.3, 0.4) is 0 Å². The van der Waals surface area contributed by atoms with Crippen LogP contribution >= 0.6 is 11.3 Å². The van der Waals surface area contributed by atoms with Gasteiger partial charge in [-0.2, -0.15) is 0 Å². The minimum Gasteiger partial charge on any atom is -0.493 e. The monoisotopic (exact) mass is 292 g/mol. The van der Waals surface area contributed by atoms with E-state index in [4.69, 9.17) is 15.2 Å². The molecule has 0 saturated heterocycles. The fraction of sp³-hybridized carbons (Fsp3) is 0.400. The Labute approximate surface area is 123 Å². The lowest BCUT2D eigenvalue weighted by Crippen LogP contribution is -2.05. The lowest BCUT2D eigenvalue weighted by Gasteiger charge is -2.12. The Morgan fingerprint density at radius 2 is 2.10 bits per heavy atom. The molecular weight excluding hydrogens is 272 g/mol.